The molecule has 16 heavy (non-hydrogen) atoms. The lowest BCUT2D eigenvalue weighted by Crippen LogP contribution is -2.23. The third kappa shape index (κ3) is 3.02. The Morgan fingerprint density at radius 2 is 2.25 bits per heavy atom. The second kappa shape index (κ2) is 4.60. The number of hydrogen-bond acceptors (Lipinski definition) is 4. The van der Waals surface area contributed by atoms with Crippen LogP contribution < -0.4 is 0 Å². The van der Waals surface area contributed by atoms with E-state index in [1.807, 2.05) is 0 Å². The third-order valence-electron chi connectivity index (χ3n) is 1.88. The van der Waals surface area contributed by atoms with E-state index in [4.69, 9.17) is 4.74 Å². The molecule has 1 atom stereocenters. The van der Waals surface area contributed by atoms with Crippen LogP contribution in [0.5, 0.6) is 0 Å². The van der Waals surface area contributed by atoms with E-state index in [2.05, 4.69) is 10.3 Å². The van der Waals surface area contributed by atoms with E-state index in [9.17, 15) is 18.0 Å². The van der Waals surface area contributed by atoms with E-state index in [-0.39, 0.29) is 12.6 Å². The Labute approximate surface area is 89.2 Å². The minimum Gasteiger partial charge on any atom is -0.380 e. The summed E-state index contributed by atoms with van der Waals surface area (Å²) >= 11 is 0. The minimum absolute atomic E-state index is 0.226. The van der Waals surface area contributed by atoms with E-state index in [0.29, 0.717) is 0 Å². The summed E-state index contributed by atoms with van der Waals surface area (Å²) in [5.74, 6) is -2.00. The minimum atomic E-state index is -4.92. The monoisotopic (exact) mass is 237 g/mol. The zero-order valence-corrected chi connectivity index (χ0v) is 8.65. The molecule has 0 aliphatic carbocycles. The smallest absolute Gasteiger partial charge is 0.380 e. The number of ether oxygens (including phenoxy) is 1. The van der Waals surface area contributed by atoms with Crippen LogP contribution >= 0.6 is 0 Å². The molecule has 1 aromatic heterocycles. The molecule has 1 rings (SSSR count). The van der Waals surface area contributed by atoms with Crippen molar-refractivity contribution in [1.82, 2.24) is 15.0 Å². The summed E-state index contributed by atoms with van der Waals surface area (Å²) in [5.41, 5.74) is -0.712. The van der Waals surface area contributed by atoms with Gasteiger partial charge in [-0.1, -0.05) is 5.21 Å². The number of alkyl halides is 3. The fourth-order valence-corrected chi connectivity index (χ4v) is 0.975. The zero-order valence-electron chi connectivity index (χ0n) is 8.65. The summed E-state index contributed by atoms with van der Waals surface area (Å²) in [6, 6.07) is 0. The average molecular weight is 237 g/mol. The number of hydrogen-bond donors (Lipinski definition) is 0. The Bertz CT molecular complexity index is 375. The van der Waals surface area contributed by atoms with Crippen molar-refractivity contribution in [2.75, 3.05) is 7.11 Å². The van der Waals surface area contributed by atoms with Crippen LogP contribution in [0.15, 0.2) is 6.20 Å². The van der Waals surface area contributed by atoms with Gasteiger partial charge in [0.15, 0.2) is 5.69 Å². The predicted octanol–water partition coefficient (Wildman–Crippen LogP) is 1.06. The first-order chi connectivity index (χ1) is 7.34. The number of methoxy groups -OCH3 is 1. The molecule has 0 amide bonds. The van der Waals surface area contributed by atoms with Gasteiger partial charge in [-0.3, -0.25) is 4.79 Å². The van der Waals surface area contributed by atoms with Crippen LogP contribution in [0.4, 0.5) is 13.2 Å². The molecular formula is C8H10F3N3O2. The van der Waals surface area contributed by atoms with Gasteiger partial charge in [-0.15, -0.1) is 5.10 Å². The van der Waals surface area contributed by atoms with Crippen LogP contribution in [0.2, 0.25) is 0 Å². The van der Waals surface area contributed by atoms with Crippen molar-refractivity contribution in [3.63, 3.8) is 0 Å². The number of halogens is 3. The Morgan fingerprint density at radius 1 is 1.62 bits per heavy atom. The van der Waals surface area contributed by atoms with Gasteiger partial charge >= 0.3 is 6.18 Å². The largest absolute Gasteiger partial charge is 0.456 e. The lowest BCUT2D eigenvalue weighted by atomic mass is 10.3. The number of ketones is 1. The second-order valence-corrected chi connectivity index (χ2v) is 3.20. The van der Waals surface area contributed by atoms with Crippen LogP contribution in [0.25, 0.3) is 0 Å². The van der Waals surface area contributed by atoms with Crippen LogP contribution in [0.3, 0.4) is 0 Å². The molecule has 0 radical (unpaired) electrons. The summed E-state index contributed by atoms with van der Waals surface area (Å²) in [6.45, 7) is 1.95. The first-order valence-corrected chi connectivity index (χ1v) is 4.39. The highest BCUT2D eigenvalue weighted by Gasteiger charge is 2.41. The summed E-state index contributed by atoms with van der Waals surface area (Å²) in [7, 11) is 1.46. The van der Waals surface area contributed by atoms with Gasteiger partial charge in [0.2, 0.25) is 0 Å². The van der Waals surface area contributed by atoms with Crippen molar-refractivity contribution in [2.45, 2.75) is 25.7 Å². The summed E-state index contributed by atoms with van der Waals surface area (Å²) in [4.78, 5) is 10.8. The van der Waals surface area contributed by atoms with E-state index in [0.717, 1.165) is 10.9 Å². The maximum absolute atomic E-state index is 12.0. The Kier molecular flexibility index (Phi) is 3.63. The van der Waals surface area contributed by atoms with Gasteiger partial charge in [0.05, 0.1) is 18.8 Å². The normalized spacial score (nSPS) is 13.8. The topological polar surface area (TPSA) is 57.0 Å². The number of carbonyl (C=O) groups is 1. The van der Waals surface area contributed by atoms with Crippen molar-refractivity contribution in [3.05, 3.63) is 11.9 Å². The number of aromatic nitrogens is 3. The molecule has 0 aliphatic rings. The van der Waals surface area contributed by atoms with Crippen molar-refractivity contribution in [2.24, 2.45) is 0 Å². The van der Waals surface area contributed by atoms with E-state index in [1.54, 1.807) is 6.92 Å². The molecule has 0 saturated carbocycles. The van der Waals surface area contributed by atoms with Crippen LogP contribution in [-0.2, 0) is 11.3 Å². The van der Waals surface area contributed by atoms with Crippen LogP contribution in [0, 0.1) is 0 Å². The first kappa shape index (κ1) is 12.6. The van der Waals surface area contributed by atoms with Crippen molar-refractivity contribution in [1.29, 1.82) is 0 Å². The van der Waals surface area contributed by atoms with E-state index < -0.39 is 17.7 Å². The maximum Gasteiger partial charge on any atom is 0.456 e. The maximum atomic E-state index is 12.0. The van der Waals surface area contributed by atoms with E-state index >= 15 is 0 Å². The van der Waals surface area contributed by atoms with Gasteiger partial charge in [0, 0.05) is 7.11 Å². The highest BCUT2D eigenvalue weighted by atomic mass is 19.4. The second-order valence-electron chi connectivity index (χ2n) is 3.20. The molecule has 0 bridgehead atoms. The quantitative estimate of drug-likeness (QED) is 0.734. The molecule has 0 fully saturated rings. The molecule has 1 unspecified atom stereocenters. The Balaban J connectivity index is 2.76. The van der Waals surface area contributed by atoms with Gasteiger partial charge in [-0.05, 0) is 6.92 Å². The van der Waals surface area contributed by atoms with Gasteiger partial charge < -0.3 is 4.74 Å². The van der Waals surface area contributed by atoms with Gasteiger partial charge in [-0.25, -0.2) is 4.68 Å². The molecule has 0 saturated heterocycles. The Morgan fingerprint density at radius 3 is 2.75 bits per heavy atom. The third-order valence-corrected chi connectivity index (χ3v) is 1.88. The molecule has 1 heterocycles. The number of nitrogens with zero attached hydrogens (tertiary/aromatic N) is 3. The van der Waals surface area contributed by atoms with Crippen LogP contribution in [-0.4, -0.2) is 40.2 Å². The summed E-state index contributed by atoms with van der Waals surface area (Å²) in [5, 5.41) is 6.56. The Hall–Kier alpha value is -1.44. The van der Waals surface area contributed by atoms with Gasteiger partial charge in [0.25, 0.3) is 5.78 Å². The molecule has 1 aromatic rings. The van der Waals surface area contributed by atoms with Gasteiger partial charge in [0.1, 0.15) is 0 Å². The first-order valence-electron chi connectivity index (χ1n) is 4.39. The summed E-state index contributed by atoms with van der Waals surface area (Å²) < 4.78 is 42.1. The molecule has 5 nitrogen and oxygen atoms in total. The van der Waals surface area contributed by atoms with Crippen molar-refractivity contribution < 1.29 is 22.7 Å². The van der Waals surface area contributed by atoms with Crippen LogP contribution in [0.1, 0.15) is 17.4 Å². The molecule has 0 spiro atoms. The molecule has 0 aliphatic heterocycles. The predicted molar refractivity (Wildman–Crippen MR) is 46.9 cm³/mol. The van der Waals surface area contributed by atoms with Crippen molar-refractivity contribution >= 4 is 5.78 Å². The highest BCUT2D eigenvalue weighted by Crippen LogP contribution is 2.19. The molecular weight excluding hydrogens is 227 g/mol. The molecule has 90 valence electrons. The molecule has 8 heteroatoms. The molecule has 0 aromatic carbocycles. The summed E-state index contributed by atoms with van der Waals surface area (Å²) in [6.07, 6.45) is -4.20. The van der Waals surface area contributed by atoms with Crippen molar-refractivity contribution in [3.8, 4) is 0 Å². The molecule has 0 N–H and O–H groups in total. The zero-order chi connectivity index (χ0) is 12.3. The lowest BCUT2D eigenvalue weighted by molar-refractivity contribution is -0.0888. The SMILES string of the molecule is COC(C)Cn1cc(C(=O)C(F)(F)F)nn1. The average Bonchev–Trinajstić information content (AvgIpc) is 2.63. The number of carbonyl (C=O) groups excluding carboxylic acids is 1. The van der Waals surface area contributed by atoms with Gasteiger partial charge in [-0.2, -0.15) is 13.2 Å². The lowest BCUT2D eigenvalue weighted by Gasteiger charge is -2.07. The number of rotatable bonds is 4. The highest BCUT2D eigenvalue weighted by molar-refractivity contribution is 5.98. The van der Waals surface area contributed by atoms with E-state index in [1.165, 1.54) is 7.11 Å². The number of Topliss-reactive ketones (excluding diaryl/α,β-unsaturated/α-hetero) is 1. The fourth-order valence-electron chi connectivity index (χ4n) is 0.975. The standard InChI is InChI=1S/C8H10F3N3O2/c1-5(16-2)3-14-4-6(12-13-14)7(15)8(9,10)11/h4-5H,3H2,1-2H3. The fraction of sp³-hybridized carbons (Fsp3) is 0.625.